The van der Waals surface area contributed by atoms with E-state index in [0.29, 0.717) is 6.04 Å². The van der Waals surface area contributed by atoms with Gasteiger partial charge < -0.3 is 10.2 Å². The molecule has 0 aliphatic heterocycles. The summed E-state index contributed by atoms with van der Waals surface area (Å²) < 4.78 is 0. The minimum Gasteiger partial charge on any atom is -0.374 e. The van der Waals surface area contributed by atoms with Gasteiger partial charge in [-0.1, -0.05) is 24.1 Å². The van der Waals surface area contributed by atoms with Crippen molar-refractivity contribution in [1.29, 1.82) is 0 Å². The van der Waals surface area contributed by atoms with Gasteiger partial charge in [-0.15, -0.1) is 0 Å². The minimum atomic E-state index is 0.295. The quantitative estimate of drug-likeness (QED) is 0.871. The molecule has 1 aromatic carbocycles. The number of rotatable bonds is 5. The van der Waals surface area contributed by atoms with Crippen LogP contribution in [0.3, 0.4) is 0 Å². The maximum Gasteiger partial charge on any atom is 0.0474 e. The molecule has 3 heteroatoms. The van der Waals surface area contributed by atoms with E-state index in [4.69, 9.17) is 11.6 Å². The number of benzene rings is 1. The maximum atomic E-state index is 6.36. The molecule has 2 rings (SSSR count). The zero-order valence-corrected chi connectivity index (χ0v) is 12.3. The fraction of sp³-hybridized carbons (Fsp3) is 0.600. The van der Waals surface area contributed by atoms with Gasteiger partial charge >= 0.3 is 0 Å². The molecular formula is C15H23ClN2. The largest absolute Gasteiger partial charge is 0.374 e. The predicted octanol–water partition coefficient (Wildman–Crippen LogP) is 3.86. The van der Waals surface area contributed by atoms with Crippen LogP contribution in [0, 0.1) is 5.92 Å². The van der Waals surface area contributed by atoms with Crippen molar-refractivity contribution in [3.8, 4) is 0 Å². The first-order valence-electron chi connectivity index (χ1n) is 6.79. The summed E-state index contributed by atoms with van der Waals surface area (Å²) in [4.78, 5) is 2.32. The van der Waals surface area contributed by atoms with E-state index in [1.807, 2.05) is 7.05 Å². The summed E-state index contributed by atoms with van der Waals surface area (Å²) in [5, 5.41) is 4.08. The Labute approximate surface area is 115 Å². The van der Waals surface area contributed by atoms with Crippen LogP contribution in [0.5, 0.6) is 0 Å². The van der Waals surface area contributed by atoms with Crippen molar-refractivity contribution in [1.82, 2.24) is 5.32 Å². The van der Waals surface area contributed by atoms with E-state index in [9.17, 15) is 0 Å². The molecule has 100 valence electrons. The predicted molar refractivity (Wildman–Crippen MR) is 79.5 cm³/mol. The summed E-state index contributed by atoms with van der Waals surface area (Å²) in [6, 6.07) is 6.69. The molecule has 1 aliphatic rings. The molecule has 0 amide bonds. The van der Waals surface area contributed by atoms with Crippen LogP contribution in [-0.2, 0) is 0 Å². The topological polar surface area (TPSA) is 15.3 Å². The van der Waals surface area contributed by atoms with Gasteiger partial charge in [0.1, 0.15) is 0 Å². The van der Waals surface area contributed by atoms with Gasteiger partial charge in [0.15, 0.2) is 0 Å². The minimum absolute atomic E-state index is 0.295. The zero-order chi connectivity index (χ0) is 13.1. The number of nitrogens with zero attached hydrogens (tertiary/aromatic N) is 1. The Morgan fingerprint density at radius 3 is 2.67 bits per heavy atom. The third-order valence-corrected chi connectivity index (χ3v) is 4.41. The monoisotopic (exact) mass is 266 g/mol. The number of nitrogens with one attached hydrogen (secondary N) is 1. The Hall–Kier alpha value is -0.730. The highest BCUT2D eigenvalue weighted by Gasteiger charge is 2.19. The summed E-state index contributed by atoms with van der Waals surface area (Å²) in [6.45, 7) is 3.27. The van der Waals surface area contributed by atoms with Crippen molar-refractivity contribution in [2.45, 2.75) is 32.2 Å². The summed E-state index contributed by atoms with van der Waals surface area (Å²) in [7, 11) is 4.11. The van der Waals surface area contributed by atoms with Gasteiger partial charge in [-0.05, 0) is 50.4 Å². The second kappa shape index (κ2) is 5.94. The van der Waals surface area contributed by atoms with Crippen LogP contribution in [0.1, 0.15) is 37.8 Å². The van der Waals surface area contributed by atoms with Gasteiger partial charge in [0, 0.05) is 30.3 Å². The molecule has 1 saturated carbocycles. The molecule has 1 fully saturated rings. The van der Waals surface area contributed by atoms with Gasteiger partial charge in [0.05, 0.1) is 0 Å². The van der Waals surface area contributed by atoms with E-state index < -0.39 is 0 Å². The van der Waals surface area contributed by atoms with Crippen molar-refractivity contribution < 1.29 is 0 Å². The van der Waals surface area contributed by atoms with Gasteiger partial charge in [0.25, 0.3) is 0 Å². The SMILES string of the molecule is CNC(C)c1ccc(N(C)CC2CCC2)cc1Cl. The zero-order valence-electron chi connectivity index (χ0n) is 11.5. The summed E-state index contributed by atoms with van der Waals surface area (Å²) in [5.74, 6) is 0.879. The average Bonchev–Trinajstić information content (AvgIpc) is 2.32. The summed E-state index contributed by atoms with van der Waals surface area (Å²) in [6.07, 6.45) is 4.16. The maximum absolute atomic E-state index is 6.36. The van der Waals surface area contributed by atoms with E-state index in [-0.39, 0.29) is 0 Å². The fourth-order valence-corrected chi connectivity index (χ4v) is 2.77. The molecule has 1 aromatic rings. The smallest absolute Gasteiger partial charge is 0.0474 e. The van der Waals surface area contributed by atoms with Crippen molar-refractivity contribution in [2.75, 3.05) is 25.5 Å². The number of hydrogen-bond donors (Lipinski definition) is 1. The first kappa shape index (κ1) is 13.7. The second-order valence-electron chi connectivity index (χ2n) is 5.39. The van der Waals surface area contributed by atoms with Crippen molar-refractivity contribution in [2.24, 2.45) is 5.92 Å². The molecule has 0 saturated heterocycles. The van der Waals surface area contributed by atoms with E-state index in [1.165, 1.54) is 30.5 Å². The summed E-state index contributed by atoms with van der Waals surface area (Å²) >= 11 is 6.36. The molecular weight excluding hydrogens is 244 g/mol. The Balaban J connectivity index is 2.07. The van der Waals surface area contributed by atoms with Crippen LogP contribution in [-0.4, -0.2) is 20.6 Å². The molecule has 0 heterocycles. The molecule has 0 bridgehead atoms. The molecule has 2 nitrogen and oxygen atoms in total. The Kier molecular flexibility index (Phi) is 4.52. The van der Waals surface area contributed by atoms with E-state index in [0.717, 1.165) is 17.5 Å². The third kappa shape index (κ3) is 2.99. The molecule has 1 atom stereocenters. The Morgan fingerprint density at radius 1 is 1.44 bits per heavy atom. The third-order valence-electron chi connectivity index (χ3n) is 4.08. The Morgan fingerprint density at radius 2 is 2.17 bits per heavy atom. The van der Waals surface area contributed by atoms with Crippen molar-refractivity contribution in [3.63, 3.8) is 0 Å². The van der Waals surface area contributed by atoms with Crippen LogP contribution in [0.25, 0.3) is 0 Å². The van der Waals surface area contributed by atoms with E-state index >= 15 is 0 Å². The lowest BCUT2D eigenvalue weighted by atomic mass is 9.85. The van der Waals surface area contributed by atoms with Gasteiger partial charge in [-0.25, -0.2) is 0 Å². The molecule has 1 unspecified atom stereocenters. The normalized spacial score (nSPS) is 17.3. The van der Waals surface area contributed by atoms with Crippen molar-refractivity contribution >= 4 is 17.3 Å². The average molecular weight is 267 g/mol. The van der Waals surface area contributed by atoms with Crippen LogP contribution in [0.4, 0.5) is 5.69 Å². The lowest BCUT2D eigenvalue weighted by molar-refractivity contribution is 0.321. The number of hydrogen-bond acceptors (Lipinski definition) is 2. The Bertz CT molecular complexity index is 401. The standard InChI is InChI=1S/C15H23ClN2/c1-11(17-2)14-8-7-13(9-15(14)16)18(3)10-12-5-4-6-12/h7-9,11-12,17H,4-6,10H2,1-3H3. The molecule has 1 aliphatic carbocycles. The van der Waals surface area contributed by atoms with Gasteiger partial charge in [-0.2, -0.15) is 0 Å². The van der Waals surface area contributed by atoms with E-state index in [2.05, 4.69) is 42.4 Å². The number of anilines is 1. The first-order chi connectivity index (χ1) is 8.61. The van der Waals surface area contributed by atoms with Gasteiger partial charge in [0.2, 0.25) is 0 Å². The highest BCUT2D eigenvalue weighted by molar-refractivity contribution is 6.31. The molecule has 0 aromatic heterocycles. The van der Waals surface area contributed by atoms with Crippen molar-refractivity contribution in [3.05, 3.63) is 28.8 Å². The lowest BCUT2D eigenvalue weighted by Gasteiger charge is -2.31. The van der Waals surface area contributed by atoms with Gasteiger partial charge in [-0.3, -0.25) is 0 Å². The molecule has 1 N–H and O–H groups in total. The highest BCUT2D eigenvalue weighted by Crippen LogP contribution is 2.31. The molecule has 18 heavy (non-hydrogen) atoms. The van der Waals surface area contributed by atoms with Crippen LogP contribution in [0.2, 0.25) is 5.02 Å². The van der Waals surface area contributed by atoms with Crippen LogP contribution < -0.4 is 10.2 Å². The van der Waals surface area contributed by atoms with Crippen LogP contribution in [0.15, 0.2) is 18.2 Å². The fourth-order valence-electron chi connectivity index (χ4n) is 2.43. The number of halogens is 1. The van der Waals surface area contributed by atoms with E-state index in [1.54, 1.807) is 0 Å². The second-order valence-corrected chi connectivity index (χ2v) is 5.80. The first-order valence-corrected chi connectivity index (χ1v) is 7.17. The summed E-state index contributed by atoms with van der Waals surface area (Å²) in [5.41, 5.74) is 2.39. The molecule has 0 spiro atoms. The highest BCUT2D eigenvalue weighted by atomic mass is 35.5. The van der Waals surface area contributed by atoms with Crippen LogP contribution >= 0.6 is 11.6 Å². The lowest BCUT2D eigenvalue weighted by Crippen LogP contribution is -2.29. The molecule has 0 radical (unpaired) electrons.